The van der Waals surface area contributed by atoms with Gasteiger partial charge in [-0.3, -0.25) is 9.97 Å². The summed E-state index contributed by atoms with van der Waals surface area (Å²) in [5.41, 5.74) is 7.95. The lowest BCUT2D eigenvalue weighted by Crippen LogP contribution is -2.77. The Morgan fingerprint density at radius 2 is 0.716 bits per heavy atom. The standard InChI is InChI=1S/C22H20F3N7.2C18H12F3N7/c1-13-9-16-15-10-14(20(2,3)4)5-7-29(15)22(31(16)27-13)30-8-6-26-12-18(30)17-11-19(21(23,24)25)28-32(17)22;1-11-8-14-12-4-2-3-7-25(12)18(27(14)23-11)26-10-22-6-5-13(26)15-9-16(17(19,20)21)24-28(15)18;1-11-8-13-12-4-2-3-6-25(12)18(27(13)23-11)26-7-5-22-10-15(26)14-9-16(17(19,20)21)24-28(14)18/h5-12H,1-4H3;2*2-10H,1H3/q3*+2. The van der Waals surface area contributed by atoms with Crippen LogP contribution in [0.3, 0.4) is 0 Å². The van der Waals surface area contributed by atoms with Crippen molar-refractivity contribution in [1.29, 1.82) is 0 Å². The quantitative estimate of drug-likeness (QED) is 0.132. The first-order chi connectivity index (χ1) is 41.9. The van der Waals surface area contributed by atoms with Crippen molar-refractivity contribution in [2.24, 2.45) is 0 Å². The third-order valence-corrected chi connectivity index (χ3v) is 16.5. The number of alkyl halides is 9. The van der Waals surface area contributed by atoms with Gasteiger partial charge in [0.25, 0.3) is 17.7 Å². The van der Waals surface area contributed by atoms with Crippen molar-refractivity contribution in [3.63, 3.8) is 0 Å². The second-order valence-corrected chi connectivity index (χ2v) is 22.9. The van der Waals surface area contributed by atoms with Gasteiger partial charge in [0.2, 0.25) is 17.1 Å². The predicted molar refractivity (Wildman–Crippen MR) is 281 cm³/mol. The molecule has 0 bridgehead atoms. The average Bonchev–Trinajstić information content (AvgIpc) is 1.53. The molecule has 0 saturated heterocycles. The highest BCUT2D eigenvalue weighted by atomic mass is 19.4. The van der Waals surface area contributed by atoms with Crippen LogP contribution >= 0.6 is 0 Å². The van der Waals surface area contributed by atoms with Gasteiger partial charge >= 0.3 is 36.3 Å². The van der Waals surface area contributed by atoms with Gasteiger partial charge in [-0.25, -0.2) is 0 Å². The second-order valence-electron chi connectivity index (χ2n) is 22.9. The van der Waals surface area contributed by atoms with Gasteiger partial charge in [0.1, 0.15) is 41.4 Å². The summed E-state index contributed by atoms with van der Waals surface area (Å²) in [6.45, 7) is 11.9. The van der Waals surface area contributed by atoms with Gasteiger partial charge in [-0.1, -0.05) is 44.0 Å². The lowest BCUT2D eigenvalue weighted by atomic mass is 9.87. The molecule has 0 fully saturated rings. The minimum Gasteiger partial charge on any atom is -0.251 e. The summed E-state index contributed by atoms with van der Waals surface area (Å²) in [6.07, 6.45) is 4.78. The van der Waals surface area contributed by atoms with Crippen LogP contribution in [-0.2, 0) is 41.7 Å². The van der Waals surface area contributed by atoms with Crippen LogP contribution in [0.2, 0.25) is 0 Å². The van der Waals surface area contributed by atoms with Gasteiger partial charge in [0.15, 0.2) is 65.1 Å². The molecule has 88 heavy (non-hydrogen) atoms. The Bertz CT molecular complexity index is 4770. The normalized spacial score (nSPS) is 18.8. The molecule has 3 spiro atoms. The Hall–Kier alpha value is -10.7. The van der Waals surface area contributed by atoms with Crippen LogP contribution < -0.4 is 27.4 Å². The Morgan fingerprint density at radius 1 is 0.352 bits per heavy atom. The van der Waals surface area contributed by atoms with Crippen LogP contribution in [0.5, 0.6) is 0 Å². The van der Waals surface area contributed by atoms with Crippen LogP contribution in [0, 0.1) is 20.8 Å². The maximum atomic E-state index is 13.6. The molecule has 3 atom stereocenters. The minimum atomic E-state index is -4.57. The van der Waals surface area contributed by atoms with Gasteiger partial charge in [-0.2, -0.15) is 70.1 Å². The number of hydrogen-bond acceptors (Lipinski definition) is 9. The molecule has 0 saturated carbocycles. The summed E-state index contributed by atoms with van der Waals surface area (Å²) in [5.74, 6) is -3.85. The maximum Gasteiger partial charge on any atom is 0.583 e. The molecule has 12 aromatic heterocycles. The summed E-state index contributed by atoms with van der Waals surface area (Å²) in [7, 11) is 0. The van der Waals surface area contributed by atoms with Crippen molar-refractivity contribution in [1.82, 2.24) is 73.6 Å². The fourth-order valence-corrected chi connectivity index (χ4v) is 13.1. The zero-order valence-corrected chi connectivity index (χ0v) is 46.8. The molecule has 0 radical (unpaired) electrons. The van der Waals surface area contributed by atoms with E-state index in [9.17, 15) is 39.5 Å². The molecule has 6 aliphatic heterocycles. The van der Waals surface area contributed by atoms with Crippen LogP contribution in [0.1, 0.15) is 60.5 Å². The number of fused-ring (bicyclic) bond motifs is 30. The summed E-state index contributed by atoms with van der Waals surface area (Å²) in [4.78, 5) is 12.5. The van der Waals surface area contributed by atoms with E-state index in [0.29, 0.717) is 34.2 Å². The maximum absolute atomic E-state index is 13.6. The topological polar surface area (TPSA) is 169 Å². The summed E-state index contributed by atoms with van der Waals surface area (Å²) >= 11 is 0. The SMILES string of the molecule is Cc1cc2n(n1)C1(n3nc(C(F)(F)F)cc3-c3ccnc[n+]31)[n+]1ccccc1-2.Cc1cc2n(n1)C1(n3nc(C(F)(F)F)cc3-c3cncc[n+]31)[n+]1ccc(C(C)(C)C)cc1-2.Cc1cc2n(n1)C1(n3nc(C(F)(F)F)cc3-c3cncc[n+]31)[n+]1ccccc1-2. The zero-order valence-electron chi connectivity index (χ0n) is 46.8. The molecular formula is C58H44F9N21+6. The first-order valence-electron chi connectivity index (χ1n) is 27.3. The van der Waals surface area contributed by atoms with E-state index in [1.165, 1.54) is 14.0 Å². The van der Waals surface area contributed by atoms with E-state index in [4.69, 9.17) is 5.10 Å². The number of pyridine rings is 3. The van der Waals surface area contributed by atoms with E-state index in [1.54, 1.807) is 74.4 Å². The number of hydrogen-bond donors (Lipinski definition) is 0. The number of aromatic nitrogens is 21. The second kappa shape index (κ2) is 17.1. The van der Waals surface area contributed by atoms with E-state index < -0.39 is 53.3 Å². The lowest BCUT2D eigenvalue weighted by molar-refractivity contribution is -0.991. The summed E-state index contributed by atoms with van der Waals surface area (Å²) in [5, 5.41) is 26.0. The molecule has 21 nitrogen and oxygen atoms in total. The lowest BCUT2D eigenvalue weighted by Gasteiger charge is -2.19. The van der Waals surface area contributed by atoms with Crippen LogP contribution in [0.15, 0.2) is 159 Å². The van der Waals surface area contributed by atoms with Crippen molar-refractivity contribution in [3.8, 4) is 68.3 Å². The van der Waals surface area contributed by atoms with Gasteiger partial charge in [-0.15, -0.1) is 37.2 Å². The van der Waals surface area contributed by atoms with E-state index in [0.717, 1.165) is 75.0 Å². The highest BCUT2D eigenvalue weighted by molar-refractivity contribution is 5.61. The third-order valence-electron chi connectivity index (χ3n) is 16.5. The van der Waals surface area contributed by atoms with Crippen molar-refractivity contribution < 1.29 is 66.9 Å². The predicted octanol–water partition coefficient (Wildman–Crippen LogP) is 5.95. The molecule has 0 aromatic carbocycles. The molecule has 18 heterocycles. The van der Waals surface area contributed by atoms with Crippen molar-refractivity contribution >= 4 is 0 Å². The van der Waals surface area contributed by atoms with Crippen LogP contribution in [0.4, 0.5) is 39.5 Å². The Kier molecular flexibility index (Phi) is 10.2. The molecular weight excluding hydrogens is 1160 g/mol. The molecule has 0 aliphatic carbocycles. The molecule has 438 valence electrons. The highest BCUT2D eigenvalue weighted by Crippen LogP contribution is 2.44. The molecule has 30 heteroatoms. The minimum absolute atomic E-state index is 0.101. The van der Waals surface area contributed by atoms with E-state index in [2.05, 4.69) is 67.3 Å². The first-order valence-corrected chi connectivity index (χ1v) is 27.3. The fraction of sp³-hybridized carbons (Fsp3) is 0.224. The van der Waals surface area contributed by atoms with Crippen molar-refractivity contribution in [3.05, 3.63) is 199 Å². The van der Waals surface area contributed by atoms with Gasteiger partial charge in [-0.05, 0) is 62.1 Å². The highest BCUT2D eigenvalue weighted by Gasteiger charge is 2.73. The number of halogens is 9. The Labute approximate surface area is 489 Å². The number of rotatable bonds is 0. The largest absolute Gasteiger partial charge is 0.583 e. The summed E-state index contributed by atoms with van der Waals surface area (Å²) in [6, 6.07) is 26.0. The van der Waals surface area contributed by atoms with Gasteiger partial charge < -0.3 is 0 Å². The van der Waals surface area contributed by atoms with Crippen molar-refractivity contribution in [2.75, 3.05) is 0 Å². The molecule has 12 aromatic rings. The third kappa shape index (κ3) is 6.69. The monoisotopic (exact) mass is 1210 g/mol. The van der Waals surface area contributed by atoms with Gasteiger partial charge in [0, 0.05) is 60.7 Å². The molecule has 3 unspecified atom stereocenters. The number of nitrogens with zero attached hydrogens (tertiary/aromatic N) is 21. The molecule has 18 rings (SSSR count). The van der Waals surface area contributed by atoms with Gasteiger partial charge in [0.05, 0.1) is 29.5 Å². The van der Waals surface area contributed by atoms with E-state index >= 15 is 0 Å². The van der Waals surface area contributed by atoms with Crippen molar-refractivity contribution in [2.45, 2.75) is 83.2 Å². The molecule has 0 amide bonds. The fourth-order valence-electron chi connectivity index (χ4n) is 13.1. The van der Waals surface area contributed by atoms with E-state index in [1.807, 2.05) is 123 Å². The Morgan fingerprint density at radius 3 is 1.15 bits per heavy atom. The summed E-state index contributed by atoms with van der Waals surface area (Å²) < 4.78 is 142. The van der Waals surface area contributed by atoms with Crippen LogP contribution in [-0.4, -0.2) is 73.6 Å². The Balaban J connectivity index is 0.000000107. The average molecular weight is 1210 g/mol. The van der Waals surface area contributed by atoms with Crippen LogP contribution in [0.25, 0.3) is 68.3 Å². The molecule has 0 N–H and O–H groups in total. The zero-order chi connectivity index (χ0) is 61.1. The van der Waals surface area contributed by atoms with E-state index in [-0.39, 0.29) is 5.41 Å². The molecule has 6 aliphatic rings. The number of aryl methyl sites for hydroxylation is 3. The smallest absolute Gasteiger partial charge is 0.251 e. The first kappa shape index (κ1) is 52.8.